The molecule has 1 unspecified atom stereocenters. The van der Waals surface area contributed by atoms with Gasteiger partial charge in [-0.15, -0.1) is 12.3 Å². The normalized spacial score (nSPS) is 29.5. The second kappa shape index (κ2) is 6.09. The highest BCUT2D eigenvalue weighted by atomic mass is 16.3. The van der Waals surface area contributed by atoms with Gasteiger partial charge in [0.2, 0.25) is 0 Å². The number of aliphatic hydroxyl groups is 1. The van der Waals surface area contributed by atoms with Crippen molar-refractivity contribution in [3.8, 4) is 12.3 Å². The van der Waals surface area contributed by atoms with Crippen LogP contribution in [0, 0.1) is 24.2 Å². The largest absolute Gasteiger partial charge is 0.393 e. The third kappa shape index (κ3) is 3.72. The molecule has 0 aliphatic heterocycles. The Kier molecular flexibility index (Phi) is 5.04. The molecule has 0 bridgehead atoms. The number of terminal acetylenes is 1. The maximum Gasteiger partial charge on any atom is 0.0568 e. The summed E-state index contributed by atoms with van der Waals surface area (Å²) in [6.07, 6.45) is 12.7. The lowest BCUT2D eigenvalue weighted by Gasteiger charge is -2.29. The fraction of sp³-hybridized carbons (Fsp3) is 0.846. The summed E-state index contributed by atoms with van der Waals surface area (Å²) >= 11 is 0. The zero-order valence-electron chi connectivity index (χ0n) is 9.21. The van der Waals surface area contributed by atoms with Gasteiger partial charge in [0.15, 0.2) is 0 Å². The van der Waals surface area contributed by atoms with Crippen molar-refractivity contribution >= 4 is 0 Å². The van der Waals surface area contributed by atoms with E-state index in [2.05, 4.69) is 12.8 Å². The van der Waals surface area contributed by atoms with Crippen molar-refractivity contribution in [1.29, 1.82) is 0 Å². The van der Waals surface area contributed by atoms with E-state index in [0.29, 0.717) is 5.92 Å². The van der Waals surface area contributed by atoms with Gasteiger partial charge in [-0.25, -0.2) is 0 Å². The predicted octanol–water partition coefficient (Wildman–Crippen LogP) is 2.98. The molecule has 0 radical (unpaired) electrons. The third-order valence-electron chi connectivity index (χ3n) is 3.43. The van der Waals surface area contributed by atoms with Crippen molar-refractivity contribution in [3.63, 3.8) is 0 Å². The zero-order valence-corrected chi connectivity index (χ0v) is 9.21. The van der Waals surface area contributed by atoms with Gasteiger partial charge in [-0.2, -0.15) is 0 Å². The lowest BCUT2D eigenvalue weighted by Crippen LogP contribution is -2.24. The van der Waals surface area contributed by atoms with E-state index in [4.69, 9.17) is 6.42 Å². The Labute approximate surface area is 87.9 Å². The number of rotatable bonds is 4. The van der Waals surface area contributed by atoms with Crippen molar-refractivity contribution in [2.24, 2.45) is 11.8 Å². The molecular formula is C13H22O. The van der Waals surface area contributed by atoms with Gasteiger partial charge in [0.1, 0.15) is 0 Å². The van der Waals surface area contributed by atoms with Crippen LogP contribution in [0.25, 0.3) is 0 Å². The van der Waals surface area contributed by atoms with Crippen LogP contribution in [0.1, 0.15) is 51.9 Å². The van der Waals surface area contributed by atoms with Crippen molar-refractivity contribution in [1.82, 2.24) is 0 Å². The van der Waals surface area contributed by atoms with E-state index in [0.717, 1.165) is 25.2 Å². The number of hydrogen-bond acceptors (Lipinski definition) is 1. The van der Waals surface area contributed by atoms with Crippen molar-refractivity contribution in [2.75, 3.05) is 0 Å². The predicted molar refractivity (Wildman–Crippen MR) is 59.8 cm³/mol. The van der Waals surface area contributed by atoms with Gasteiger partial charge in [-0.3, -0.25) is 0 Å². The Balaban J connectivity index is 2.17. The van der Waals surface area contributed by atoms with Gasteiger partial charge < -0.3 is 5.11 Å². The average molecular weight is 194 g/mol. The highest BCUT2D eigenvalue weighted by Gasteiger charge is 2.23. The lowest BCUT2D eigenvalue weighted by atomic mass is 9.79. The second-order valence-corrected chi connectivity index (χ2v) is 4.68. The fourth-order valence-electron chi connectivity index (χ4n) is 2.32. The Morgan fingerprint density at radius 3 is 2.57 bits per heavy atom. The van der Waals surface area contributed by atoms with E-state index in [1.165, 1.54) is 25.7 Å². The van der Waals surface area contributed by atoms with Gasteiger partial charge >= 0.3 is 0 Å². The monoisotopic (exact) mass is 194 g/mol. The van der Waals surface area contributed by atoms with Crippen LogP contribution in [-0.2, 0) is 0 Å². The van der Waals surface area contributed by atoms with E-state index in [1.807, 2.05) is 0 Å². The average Bonchev–Trinajstić information content (AvgIpc) is 2.19. The van der Waals surface area contributed by atoms with Crippen LogP contribution in [-0.4, -0.2) is 11.2 Å². The molecule has 14 heavy (non-hydrogen) atoms. The molecule has 0 amide bonds. The van der Waals surface area contributed by atoms with Crippen molar-refractivity contribution in [3.05, 3.63) is 0 Å². The first-order valence-corrected chi connectivity index (χ1v) is 5.85. The minimum Gasteiger partial charge on any atom is -0.393 e. The molecule has 0 aromatic heterocycles. The minimum atomic E-state index is -0.101. The Morgan fingerprint density at radius 2 is 2.00 bits per heavy atom. The Hall–Kier alpha value is -0.480. The zero-order chi connectivity index (χ0) is 10.4. The molecule has 1 aliphatic carbocycles. The topological polar surface area (TPSA) is 20.2 Å². The van der Waals surface area contributed by atoms with Crippen LogP contribution in [0.2, 0.25) is 0 Å². The summed E-state index contributed by atoms with van der Waals surface area (Å²) in [5.74, 6) is 4.03. The van der Waals surface area contributed by atoms with E-state index in [-0.39, 0.29) is 6.10 Å². The first-order chi connectivity index (χ1) is 6.74. The van der Waals surface area contributed by atoms with E-state index in [1.54, 1.807) is 0 Å². The molecule has 1 heteroatoms. The summed E-state index contributed by atoms with van der Waals surface area (Å²) in [7, 11) is 0. The molecule has 1 rings (SSSR count). The first kappa shape index (κ1) is 11.6. The Bertz CT molecular complexity index is 184. The van der Waals surface area contributed by atoms with Crippen LogP contribution in [0.15, 0.2) is 0 Å². The molecule has 0 aromatic carbocycles. The van der Waals surface area contributed by atoms with Gasteiger partial charge in [-0.05, 0) is 37.5 Å². The summed E-state index contributed by atoms with van der Waals surface area (Å²) in [6.45, 7) is 2.31. The molecule has 1 saturated carbocycles. The quantitative estimate of drug-likeness (QED) is 0.539. The fourth-order valence-corrected chi connectivity index (χ4v) is 2.32. The van der Waals surface area contributed by atoms with Crippen LogP contribution in [0.4, 0.5) is 0 Å². The SMILES string of the molecule is C#CCCCC(O)C1CCC(C)CC1. The van der Waals surface area contributed by atoms with Crippen LogP contribution in [0.3, 0.4) is 0 Å². The molecule has 0 aromatic rings. The number of aliphatic hydroxyl groups excluding tert-OH is 1. The molecule has 0 heterocycles. The maximum atomic E-state index is 9.92. The minimum absolute atomic E-state index is 0.101. The molecule has 1 nitrogen and oxygen atoms in total. The number of hydrogen-bond donors (Lipinski definition) is 1. The van der Waals surface area contributed by atoms with Crippen LogP contribution < -0.4 is 0 Å². The first-order valence-electron chi connectivity index (χ1n) is 5.85. The van der Waals surface area contributed by atoms with Gasteiger partial charge in [0, 0.05) is 6.42 Å². The lowest BCUT2D eigenvalue weighted by molar-refractivity contribution is 0.0674. The number of unbranched alkanes of at least 4 members (excludes halogenated alkanes) is 1. The summed E-state index contributed by atoms with van der Waals surface area (Å²) in [5, 5.41) is 9.92. The highest BCUT2D eigenvalue weighted by molar-refractivity contribution is 4.84. The summed E-state index contributed by atoms with van der Waals surface area (Å²) in [5.41, 5.74) is 0. The molecule has 80 valence electrons. The summed E-state index contributed by atoms with van der Waals surface area (Å²) in [6, 6.07) is 0. The molecule has 0 spiro atoms. The summed E-state index contributed by atoms with van der Waals surface area (Å²) in [4.78, 5) is 0. The molecule has 1 N–H and O–H groups in total. The molecule has 1 fully saturated rings. The highest BCUT2D eigenvalue weighted by Crippen LogP contribution is 2.31. The van der Waals surface area contributed by atoms with E-state index < -0.39 is 0 Å². The van der Waals surface area contributed by atoms with Crippen LogP contribution in [0.5, 0.6) is 0 Å². The van der Waals surface area contributed by atoms with E-state index >= 15 is 0 Å². The molecule has 0 saturated heterocycles. The van der Waals surface area contributed by atoms with Crippen LogP contribution >= 0.6 is 0 Å². The second-order valence-electron chi connectivity index (χ2n) is 4.68. The maximum absolute atomic E-state index is 9.92. The standard InChI is InChI=1S/C13H22O/c1-3-4-5-6-13(14)12-9-7-11(2)8-10-12/h1,11-14H,4-10H2,2H3. The molecular weight excluding hydrogens is 172 g/mol. The molecule has 1 atom stereocenters. The third-order valence-corrected chi connectivity index (χ3v) is 3.43. The molecule has 1 aliphatic rings. The smallest absolute Gasteiger partial charge is 0.0568 e. The Morgan fingerprint density at radius 1 is 1.36 bits per heavy atom. The van der Waals surface area contributed by atoms with Gasteiger partial charge in [0.05, 0.1) is 6.10 Å². The van der Waals surface area contributed by atoms with Crippen molar-refractivity contribution < 1.29 is 5.11 Å². The van der Waals surface area contributed by atoms with E-state index in [9.17, 15) is 5.11 Å². The summed E-state index contributed by atoms with van der Waals surface area (Å²) < 4.78 is 0. The van der Waals surface area contributed by atoms with Gasteiger partial charge in [-0.1, -0.05) is 19.8 Å². The van der Waals surface area contributed by atoms with Gasteiger partial charge in [0.25, 0.3) is 0 Å². The van der Waals surface area contributed by atoms with Crippen molar-refractivity contribution in [2.45, 2.75) is 58.0 Å².